The smallest absolute Gasteiger partial charge is 0.0290 e. The molecule has 0 aromatic heterocycles. The molecule has 0 aromatic carbocycles. The second-order valence-electron chi connectivity index (χ2n) is 1.97. The summed E-state index contributed by atoms with van der Waals surface area (Å²) in [7, 11) is 0. The van der Waals surface area contributed by atoms with E-state index in [1.54, 1.807) is 0 Å². The zero-order chi connectivity index (χ0) is 7.11. The van der Waals surface area contributed by atoms with Crippen LogP contribution in [0, 0.1) is 13.8 Å². The Morgan fingerprint density at radius 1 is 1.22 bits per heavy atom. The van der Waals surface area contributed by atoms with Crippen LogP contribution < -0.4 is 0 Å². The van der Waals surface area contributed by atoms with Crippen molar-refractivity contribution in [2.45, 2.75) is 19.3 Å². The number of nitrogens with zero attached hydrogens (tertiary/aromatic N) is 1. The van der Waals surface area contributed by atoms with Gasteiger partial charge in [0.15, 0.2) is 0 Å². The van der Waals surface area contributed by atoms with E-state index in [0.717, 1.165) is 24.4 Å². The molecule has 0 aromatic rings. The minimum Gasteiger partial charge on any atom is -0.146 e. The highest BCUT2D eigenvalue weighted by Gasteiger charge is 1.95. The molecule has 0 unspecified atom stereocenters. The van der Waals surface area contributed by atoms with Gasteiger partial charge < -0.3 is 0 Å². The van der Waals surface area contributed by atoms with Crippen LogP contribution in [0.3, 0.4) is 0 Å². The van der Waals surface area contributed by atoms with Crippen LogP contribution in [0.5, 0.6) is 0 Å². The largest absolute Gasteiger partial charge is 0.146 e. The van der Waals surface area contributed by atoms with E-state index >= 15 is 0 Å². The van der Waals surface area contributed by atoms with E-state index in [1.165, 1.54) is 0 Å². The van der Waals surface area contributed by atoms with E-state index in [0.29, 0.717) is 6.54 Å². The molecule has 2 heteroatoms. The lowest BCUT2D eigenvalue weighted by Gasteiger charge is -2.06. The molecule has 0 aliphatic rings. The molecule has 0 aliphatic carbocycles. The van der Waals surface area contributed by atoms with Gasteiger partial charge in [-0.2, -0.15) is 0 Å². The van der Waals surface area contributed by atoms with Crippen LogP contribution >= 0.6 is 0 Å². The molecule has 0 atom stereocenters. The Labute approximate surface area is 56.8 Å². The summed E-state index contributed by atoms with van der Waals surface area (Å²) in [5, 5.41) is 0.718. The van der Waals surface area contributed by atoms with E-state index in [-0.39, 0.29) is 6.54 Å². The highest BCUT2D eigenvalue weighted by atomic mass is 19.2. The lowest BCUT2D eigenvalue weighted by Crippen LogP contribution is -2.13. The Hall–Kier alpha value is -0.110. The maximum atomic E-state index is 12.2. The molecule has 0 bridgehead atoms. The Morgan fingerprint density at radius 3 is 2.33 bits per heavy atom. The minimum absolute atomic E-state index is 0.247. The van der Waals surface area contributed by atoms with Crippen molar-refractivity contribution in [1.29, 1.82) is 0 Å². The van der Waals surface area contributed by atoms with Gasteiger partial charge in [0.2, 0.25) is 0 Å². The SMILES string of the molecule is [CH2]CCCCN(F)C[CH2]. The van der Waals surface area contributed by atoms with Crippen LogP contribution in [0.4, 0.5) is 4.48 Å². The Balaban J connectivity index is 2.88. The van der Waals surface area contributed by atoms with Gasteiger partial charge in [0.05, 0.1) is 0 Å². The summed E-state index contributed by atoms with van der Waals surface area (Å²) < 4.78 is 12.2. The van der Waals surface area contributed by atoms with E-state index in [9.17, 15) is 4.48 Å². The standard InChI is InChI=1S/C7H14FN/c1-3-5-6-7-9(8)4-2/h1-7H2. The predicted molar refractivity (Wildman–Crippen MR) is 37.2 cm³/mol. The van der Waals surface area contributed by atoms with Crippen molar-refractivity contribution in [1.82, 2.24) is 5.12 Å². The van der Waals surface area contributed by atoms with E-state index in [1.807, 2.05) is 0 Å². The fourth-order valence-electron chi connectivity index (χ4n) is 0.572. The normalized spacial score (nSPS) is 10.7. The highest BCUT2D eigenvalue weighted by molar-refractivity contribution is 4.48. The van der Waals surface area contributed by atoms with Crippen molar-refractivity contribution in [3.05, 3.63) is 13.8 Å². The van der Waals surface area contributed by atoms with Gasteiger partial charge in [-0.1, -0.05) is 19.8 Å². The first kappa shape index (κ1) is 8.89. The van der Waals surface area contributed by atoms with Crippen molar-refractivity contribution in [3.8, 4) is 0 Å². The van der Waals surface area contributed by atoms with Gasteiger partial charge >= 0.3 is 0 Å². The molecule has 1 nitrogen and oxygen atoms in total. The van der Waals surface area contributed by atoms with Crippen LogP contribution in [0.25, 0.3) is 0 Å². The second-order valence-corrected chi connectivity index (χ2v) is 1.97. The fraction of sp³-hybridized carbons (Fsp3) is 0.714. The monoisotopic (exact) mass is 131 g/mol. The van der Waals surface area contributed by atoms with Gasteiger partial charge in [-0.25, -0.2) is 0 Å². The van der Waals surface area contributed by atoms with Crippen LogP contribution in [-0.2, 0) is 0 Å². The molecule has 2 radical (unpaired) electrons. The molecule has 0 N–H and O–H groups in total. The quantitative estimate of drug-likeness (QED) is 0.407. The first-order chi connectivity index (χ1) is 4.31. The Morgan fingerprint density at radius 2 is 1.89 bits per heavy atom. The topological polar surface area (TPSA) is 3.24 Å². The molecule has 0 spiro atoms. The number of hydrogen-bond acceptors (Lipinski definition) is 1. The number of rotatable bonds is 5. The molecule has 54 valence electrons. The summed E-state index contributed by atoms with van der Waals surface area (Å²) in [6, 6.07) is 0. The zero-order valence-electron chi connectivity index (χ0n) is 5.77. The van der Waals surface area contributed by atoms with E-state index < -0.39 is 0 Å². The van der Waals surface area contributed by atoms with E-state index in [4.69, 9.17) is 0 Å². The number of unbranched alkanes of at least 4 members (excludes halogenated alkanes) is 2. The van der Waals surface area contributed by atoms with Gasteiger partial charge in [-0.05, 0) is 13.3 Å². The van der Waals surface area contributed by atoms with Gasteiger partial charge in [0.25, 0.3) is 0 Å². The highest BCUT2D eigenvalue weighted by Crippen LogP contribution is 1.96. The summed E-state index contributed by atoms with van der Waals surface area (Å²) in [6.07, 6.45) is 2.78. The molecular weight excluding hydrogens is 117 g/mol. The van der Waals surface area contributed by atoms with Crippen molar-refractivity contribution in [3.63, 3.8) is 0 Å². The summed E-state index contributed by atoms with van der Waals surface area (Å²) in [6.45, 7) is 7.80. The van der Waals surface area contributed by atoms with Crippen LogP contribution in [0.2, 0.25) is 0 Å². The van der Waals surface area contributed by atoms with Crippen LogP contribution in [0.15, 0.2) is 0 Å². The molecule has 0 rings (SSSR count). The molecule has 9 heavy (non-hydrogen) atoms. The summed E-state index contributed by atoms with van der Waals surface area (Å²) in [5.74, 6) is 0. The minimum atomic E-state index is 0.247. The van der Waals surface area contributed by atoms with Gasteiger partial charge in [0, 0.05) is 13.1 Å². The fourth-order valence-corrected chi connectivity index (χ4v) is 0.572. The number of halogens is 1. The first-order valence-corrected chi connectivity index (χ1v) is 3.30. The molecule has 0 heterocycles. The van der Waals surface area contributed by atoms with Gasteiger partial charge in [0.1, 0.15) is 0 Å². The predicted octanol–water partition coefficient (Wildman–Crippen LogP) is 2.01. The average molecular weight is 131 g/mol. The lowest BCUT2D eigenvalue weighted by molar-refractivity contribution is 0.0375. The summed E-state index contributed by atoms with van der Waals surface area (Å²) in [5.41, 5.74) is 0. The maximum absolute atomic E-state index is 12.2. The first-order valence-electron chi connectivity index (χ1n) is 3.30. The number of hydrogen-bond donors (Lipinski definition) is 0. The second kappa shape index (κ2) is 6.02. The van der Waals surface area contributed by atoms with Gasteiger partial charge in [-0.3, -0.25) is 0 Å². The van der Waals surface area contributed by atoms with Crippen molar-refractivity contribution >= 4 is 0 Å². The zero-order valence-corrected chi connectivity index (χ0v) is 5.77. The third kappa shape index (κ3) is 5.77. The lowest BCUT2D eigenvalue weighted by atomic mass is 10.2. The van der Waals surface area contributed by atoms with Gasteiger partial charge in [-0.15, -0.1) is 9.60 Å². The van der Waals surface area contributed by atoms with E-state index in [2.05, 4.69) is 13.8 Å². The molecule has 0 saturated carbocycles. The summed E-state index contributed by atoms with van der Waals surface area (Å²) in [4.78, 5) is 0. The third-order valence-electron chi connectivity index (χ3n) is 1.14. The van der Waals surface area contributed by atoms with Crippen molar-refractivity contribution < 1.29 is 4.48 Å². The van der Waals surface area contributed by atoms with Crippen molar-refractivity contribution in [2.75, 3.05) is 13.1 Å². The molecule has 0 saturated heterocycles. The third-order valence-corrected chi connectivity index (χ3v) is 1.14. The van der Waals surface area contributed by atoms with Crippen molar-refractivity contribution in [2.24, 2.45) is 0 Å². The molecule has 0 fully saturated rings. The molecule has 0 amide bonds. The Kier molecular flexibility index (Phi) is 5.94. The van der Waals surface area contributed by atoms with Crippen LogP contribution in [-0.4, -0.2) is 18.2 Å². The molecule has 0 aliphatic heterocycles. The maximum Gasteiger partial charge on any atom is 0.0290 e. The molecular formula is C7H14FN. The van der Waals surface area contributed by atoms with Crippen LogP contribution in [0.1, 0.15) is 19.3 Å². The Bertz CT molecular complexity index is 56.9. The average Bonchev–Trinajstić information content (AvgIpc) is 1.89. The summed E-state index contributed by atoms with van der Waals surface area (Å²) >= 11 is 0.